The number of rotatable bonds is 73. The number of aliphatic hydroxyl groups is 5. The fourth-order valence-electron chi connectivity index (χ4n) is 13.0. The lowest BCUT2D eigenvalue weighted by Gasteiger charge is -2.40. The molecule has 1 fully saturated rings. The van der Waals surface area contributed by atoms with Gasteiger partial charge in [-0.3, -0.25) is 9.59 Å². The van der Waals surface area contributed by atoms with Crippen LogP contribution < -0.4 is 5.32 Å². The third-order valence-electron chi connectivity index (χ3n) is 19.4. The van der Waals surface area contributed by atoms with E-state index in [1.165, 1.54) is 315 Å². The Hall–Kier alpha value is -2.38. The molecule has 6 N–H and O–H groups in total. The summed E-state index contributed by atoms with van der Waals surface area (Å²) in [4.78, 5) is 25.2. The van der Waals surface area contributed by atoms with E-state index < -0.39 is 49.5 Å². The monoisotopic (exact) mass is 1330 g/mol. The van der Waals surface area contributed by atoms with Gasteiger partial charge >= 0.3 is 5.97 Å². The maximum atomic E-state index is 13.1. The molecule has 11 nitrogen and oxygen atoms in total. The highest BCUT2D eigenvalue weighted by molar-refractivity contribution is 5.76. The SMILES string of the molecule is CCCCCCCCC/C=C\CCCCCCCC(=O)OCCCCCCCCCCCCCCCCC/C=C\C/C=C\CCCCCCCCCCCCCCCCCCCC(=O)NC(COC1OC(CO)C(O)C(O)C1O)C(O)/C=C/CCCCCCCCCCC. The third-order valence-corrected chi connectivity index (χ3v) is 19.4. The molecular formula is C83H155NO10. The van der Waals surface area contributed by atoms with Crippen molar-refractivity contribution in [3.63, 3.8) is 0 Å². The minimum absolute atomic E-state index is 0.00766. The third kappa shape index (κ3) is 59.7. The molecule has 0 aliphatic carbocycles. The van der Waals surface area contributed by atoms with Crippen LogP contribution in [0.15, 0.2) is 48.6 Å². The van der Waals surface area contributed by atoms with Gasteiger partial charge in [-0.1, -0.05) is 351 Å². The number of aliphatic hydroxyl groups excluding tert-OH is 5. The van der Waals surface area contributed by atoms with Crippen molar-refractivity contribution in [1.29, 1.82) is 0 Å². The molecule has 1 rings (SSSR count). The molecule has 1 aliphatic heterocycles. The van der Waals surface area contributed by atoms with Gasteiger partial charge in [-0.15, -0.1) is 0 Å². The van der Waals surface area contributed by atoms with E-state index in [1.54, 1.807) is 6.08 Å². The van der Waals surface area contributed by atoms with Crippen molar-refractivity contribution in [2.45, 2.75) is 448 Å². The van der Waals surface area contributed by atoms with Gasteiger partial charge in [0.2, 0.25) is 5.91 Å². The van der Waals surface area contributed by atoms with Crippen LogP contribution in [0.2, 0.25) is 0 Å². The molecule has 7 unspecified atom stereocenters. The number of ether oxygens (including phenoxy) is 3. The van der Waals surface area contributed by atoms with Crippen LogP contribution in [-0.2, 0) is 23.8 Å². The first-order valence-electron chi connectivity index (χ1n) is 40.9. The second kappa shape index (κ2) is 71.9. The number of hydrogen-bond acceptors (Lipinski definition) is 10. The molecule has 0 spiro atoms. The summed E-state index contributed by atoms with van der Waals surface area (Å²) in [5.41, 5.74) is 0. The Kier molecular flexibility index (Phi) is 68.5. The number of hydrogen-bond donors (Lipinski definition) is 6. The number of amides is 1. The van der Waals surface area contributed by atoms with Crippen molar-refractivity contribution in [2.75, 3.05) is 19.8 Å². The summed E-state index contributed by atoms with van der Waals surface area (Å²) in [6.45, 7) is 4.37. The normalized spacial score (nSPS) is 17.6. The summed E-state index contributed by atoms with van der Waals surface area (Å²) in [6, 6.07) is -0.807. The quantitative estimate of drug-likeness (QED) is 0.0195. The van der Waals surface area contributed by atoms with Crippen LogP contribution in [0.5, 0.6) is 0 Å². The molecule has 1 amide bonds. The molecule has 0 saturated carbocycles. The number of carbonyl (C=O) groups is 2. The number of nitrogens with one attached hydrogen (secondary N) is 1. The first kappa shape index (κ1) is 89.6. The minimum Gasteiger partial charge on any atom is -0.466 e. The van der Waals surface area contributed by atoms with Gasteiger partial charge in [0.05, 0.1) is 32.0 Å². The Morgan fingerprint density at radius 1 is 0.394 bits per heavy atom. The molecule has 0 radical (unpaired) electrons. The first-order chi connectivity index (χ1) is 46.2. The molecule has 1 aliphatic rings. The molecule has 0 bridgehead atoms. The van der Waals surface area contributed by atoms with Gasteiger partial charge in [-0.05, 0) is 89.9 Å². The second-order valence-corrected chi connectivity index (χ2v) is 28.5. The van der Waals surface area contributed by atoms with Gasteiger partial charge in [-0.25, -0.2) is 0 Å². The van der Waals surface area contributed by atoms with Crippen molar-refractivity contribution in [1.82, 2.24) is 5.32 Å². The topological polar surface area (TPSA) is 175 Å². The zero-order valence-corrected chi connectivity index (χ0v) is 61.7. The maximum absolute atomic E-state index is 13.1. The fourth-order valence-corrected chi connectivity index (χ4v) is 13.0. The number of unbranched alkanes of at least 4 members (excludes halogenated alkanes) is 53. The van der Waals surface area contributed by atoms with Gasteiger partial charge < -0.3 is 45.1 Å². The number of allylic oxidation sites excluding steroid dienone is 7. The molecule has 11 heteroatoms. The Bertz CT molecular complexity index is 1700. The van der Waals surface area contributed by atoms with E-state index in [0.717, 1.165) is 64.2 Å². The van der Waals surface area contributed by atoms with Crippen molar-refractivity contribution < 1.29 is 49.3 Å². The molecule has 7 atom stereocenters. The van der Waals surface area contributed by atoms with Crippen molar-refractivity contribution in [3.05, 3.63) is 48.6 Å². The van der Waals surface area contributed by atoms with Crippen LogP contribution in [0.1, 0.15) is 406 Å². The van der Waals surface area contributed by atoms with Crippen molar-refractivity contribution in [3.8, 4) is 0 Å². The van der Waals surface area contributed by atoms with Crippen LogP contribution >= 0.6 is 0 Å². The van der Waals surface area contributed by atoms with Crippen LogP contribution in [0.4, 0.5) is 0 Å². The van der Waals surface area contributed by atoms with Crippen LogP contribution in [-0.4, -0.2) is 100 Å². The molecule has 94 heavy (non-hydrogen) atoms. The Morgan fingerprint density at radius 3 is 1.09 bits per heavy atom. The smallest absolute Gasteiger partial charge is 0.305 e. The fraction of sp³-hybridized carbons (Fsp3) is 0.880. The van der Waals surface area contributed by atoms with Crippen LogP contribution in [0.25, 0.3) is 0 Å². The van der Waals surface area contributed by atoms with Crippen LogP contribution in [0, 0.1) is 0 Å². The van der Waals surface area contributed by atoms with Gasteiger partial charge in [-0.2, -0.15) is 0 Å². The summed E-state index contributed by atoms with van der Waals surface area (Å²) >= 11 is 0. The lowest BCUT2D eigenvalue weighted by molar-refractivity contribution is -0.302. The van der Waals surface area contributed by atoms with E-state index in [9.17, 15) is 35.1 Å². The summed E-state index contributed by atoms with van der Waals surface area (Å²) in [7, 11) is 0. The Morgan fingerprint density at radius 2 is 0.713 bits per heavy atom. The molecule has 1 saturated heterocycles. The molecular weight excluding hydrogens is 1170 g/mol. The van der Waals surface area contributed by atoms with E-state index in [1.807, 2.05) is 6.08 Å². The van der Waals surface area contributed by atoms with Gasteiger partial charge in [0.25, 0.3) is 0 Å². The van der Waals surface area contributed by atoms with Crippen LogP contribution in [0.3, 0.4) is 0 Å². The van der Waals surface area contributed by atoms with E-state index >= 15 is 0 Å². The summed E-state index contributed by atoms with van der Waals surface area (Å²) in [5, 5.41) is 54.5. The summed E-state index contributed by atoms with van der Waals surface area (Å²) in [5.74, 6) is -0.170. The van der Waals surface area contributed by atoms with Crippen molar-refractivity contribution >= 4 is 11.9 Å². The molecule has 0 aromatic rings. The molecule has 552 valence electrons. The highest BCUT2D eigenvalue weighted by Crippen LogP contribution is 2.24. The average molecular weight is 1330 g/mol. The highest BCUT2D eigenvalue weighted by atomic mass is 16.7. The Balaban J connectivity index is 1.88. The van der Waals surface area contributed by atoms with E-state index in [2.05, 4.69) is 55.6 Å². The largest absolute Gasteiger partial charge is 0.466 e. The molecule has 0 aromatic heterocycles. The van der Waals surface area contributed by atoms with Gasteiger partial charge in [0.1, 0.15) is 24.4 Å². The van der Waals surface area contributed by atoms with Gasteiger partial charge in [0, 0.05) is 12.8 Å². The van der Waals surface area contributed by atoms with Crippen molar-refractivity contribution in [2.24, 2.45) is 0 Å². The molecule has 0 aromatic carbocycles. The average Bonchev–Trinajstić information content (AvgIpc) is 0.905. The zero-order chi connectivity index (χ0) is 67.9. The van der Waals surface area contributed by atoms with E-state index in [4.69, 9.17) is 14.2 Å². The van der Waals surface area contributed by atoms with Gasteiger partial charge in [0.15, 0.2) is 6.29 Å². The first-order valence-corrected chi connectivity index (χ1v) is 40.9. The Labute approximate surface area is 580 Å². The minimum atomic E-state index is -1.57. The number of carbonyl (C=O) groups excluding carboxylic acids is 2. The van der Waals surface area contributed by atoms with E-state index in [0.29, 0.717) is 19.4 Å². The highest BCUT2D eigenvalue weighted by Gasteiger charge is 2.44. The van der Waals surface area contributed by atoms with E-state index in [-0.39, 0.29) is 18.5 Å². The predicted molar refractivity (Wildman–Crippen MR) is 398 cm³/mol. The maximum Gasteiger partial charge on any atom is 0.305 e. The zero-order valence-electron chi connectivity index (χ0n) is 61.7. The lowest BCUT2D eigenvalue weighted by atomic mass is 9.99. The lowest BCUT2D eigenvalue weighted by Crippen LogP contribution is -2.60. The predicted octanol–water partition coefficient (Wildman–Crippen LogP) is 22.3. The standard InChI is InChI=1S/C83H155NO10/c1-3-5-7-9-11-13-15-16-17-44-47-51-55-59-63-67-71-79(88)92-72-68-64-60-56-52-48-45-42-40-38-36-34-32-30-28-26-24-22-20-18-19-21-23-25-27-29-31-33-35-37-39-41-43-46-50-54-58-62-66-70-78(87)84-75(74-93-83-82(91)81(90)80(89)77(73-85)94-83)76(86)69-65-61-57-53-49-14-12-10-8-6-4-2/h17-19,22,24,44,65,69,75-77,80-83,85-86,89-91H,3-16,20-21,23,25-43,45-64,66-68,70-74H2,1-2H3,(H,84,87)/b19-18-,24-22-,44-17-,69-65+. The summed E-state index contributed by atoms with van der Waals surface area (Å²) < 4.78 is 16.8. The second-order valence-electron chi connectivity index (χ2n) is 28.5. The number of esters is 1. The summed E-state index contributed by atoms with van der Waals surface area (Å²) in [6.07, 6.45) is 85.9. The molecule has 1 heterocycles.